The van der Waals surface area contributed by atoms with Gasteiger partial charge in [-0.2, -0.15) is 0 Å². The highest BCUT2D eigenvalue weighted by Gasteiger charge is 2.18. The number of hydrogen-bond acceptors (Lipinski definition) is 1. The monoisotopic (exact) mass is 280 g/mol. The molecule has 1 rings (SSSR count). The fourth-order valence-electron chi connectivity index (χ4n) is 2.78. The summed E-state index contributed by atoms with van der Waals surface area (Å²) in [5.41, 5.74) is 1.56. The van der Waals surface area contributed by atoms with E-state index in [-0.39, 0.29) is 0 Å². The predicted octanol–water partition coefficient (Wildman–Crippen LogP) is 5.77. The standard InChI is InChI=1S/C17H32OSi/c1-18-15-17-13-9-8-12-16(17)11-7-5-6-10-14-19(2,3)4/h6,10,15-16H,5,7-9,11-14H2,1-4H3/b10-6+,17-15-. The van der Waals surface area contributed by atoms with Crippen LogP contribution in [0.15, 0.2) is 24.0 Å². The van der Waals surface area contributed by atoms with E-state index < -0.39 is 8.07 Å². The molecule has 0 amide bonds. The van der Waals surface area contributed by atoms with Crippen molar-refractivity contribution in [1.29, 1.82) is 0 Å². The molecule has 1 unspecified atom stereocenters. The average molecular weight is 281 g/mol. The number of allylic oxidation sites excluding steroid dienone is 3. The minimum absolute atomic E-state index is 0.791. The van der Waals surface area contributed by atoms with Crippen LogP contribution in [0.5, 0.6) is 0 Å². The van der Waals surface area contributed by atoms with Crippen molar-refractivity contribution in [2.24, 2.45) is 5.92 Å². The van der Waals surface area contributed by atoms with E-state index in [1.165, 1.54) is 51.0 Å². The Hall–Kier alpha value is -0.503. The lowest BCUT2D eigenvalue weighted by molar-refractivity contribution is 0.313. The van der Waals surface area contributed by atoms with Gasteiger partial charge in [0.15, 0.2) is 0 Å². The van der Waals surface area contributed by atoms with Crippen LogP contribution in [-0.2, 0) is 4.74 Å². The molecular weight excluding hydrogens is 248 g/mol. The second-order valence-corrected chi connectivity index (χ2v) is 12.6. The first-order valence-electron chi connectivity index (χ1n) is 7.89. The smallest absolute Gasteiger partial charge is 0.0819 e. The summed E-state index contributed by atoms with van der Waals surface area (Å²) in [7, 11) is 0.892. The van der Waals surface area contributed by atoms with E-state index in [1.54, 1.807) is 12.7 Å². The summed E-state index contributed by atoms with van der Waals surface area (Å²) in [5, 5.41) is 0. The summed E-state index contributed by atoms with van der Waals surface area (Å²) in [6.45, 7) is 7.30. The van der Waals surface area contributed by atoms with Crippen molar-refractivity contribution >= 4 is 8.07 Å². The Morgan fingerprint density at radius 2 is 2.00 bits per heavy atom. The quantitative estimate of drug-likeness (QED) is 0.249. The van der Waals surface area contributed by atoms with Gasteiger partial charge in [-0.15, -0.1) is 0 Å². The average Bonchev–Trinajstić information content (AvgIpc) is 2.34. The molecule has 0 aromatic carbocycles. The number of ether oxygens (including phenoxy) is 1. The number of hydrogen-bond donors (Lipinski definition) is 0. The summed E-state index contributed by atoms with van der Waals surface area (Å²) >= 11 is 0. The van der Waals surface area contributed by atoms with Crippen LogP contribution in [0.25, 0.3) is 0 Å². The minimum atomic E-state index is -0.884. The molecule has 1 aliphatic rings. The van der Waals surface area contributed by atoms with Crippen molar-refractivity contribution in [3.63, 3.8) is 0 Å². The predicted molar refractivity (Wildman–Crippen MR) is 88.2 cm³/mol. The molecule has 1 nitrogen and oxygen atoms in total. The molecule has 0 heterocycles. The summed E-state index contributed by atoms with van der Waals surface area (Å²) in [6, 6.07) is 1.32. The van der Waals surface area contributed by atoms with Crippen LogP contribution in [0.1, 0.15) is 44.9 Å². The Balaban J connectivity index is 2.22. The highest BCUT2D eigenvalue weighted by molar-refractivity contribution is 6.76. The lowest BCUT2D eigenvalue weighted by Crippen LogP contribution is -2.17. The second kappa shape index (κ2) is 8.62. The van der Waals surface area contributed by atoms with Crippen LogP contribution in [0.2, 0.25) is 25.7 Å². The Morgan fingerprint density at radius 1 is 1.21 bits per heavy atom. The highest BCUT2D eigenvalue weighted by atomic mass is 28.3. The highest BCUT2D eigenvalue weighted by Crippen LogP contribution is 2.32. The summed E-state index contributed by atoms with van der Waals surface area (Å²) < 4.78 is 5.22. The minimum Gasteiger partial charge on any atom is -0.504 e. The second-order valence-electron chi connectivity index (χ2n) is 7.04. The first-order chi connectivity index (χ1) is 9.03. The van der Waals surface area contributed by atoms with E-state index in [0.29, 0.717) is 0 Å². The van der Waals surface area contributed by atoms with E-state index in [4.69, 9.17) is 4.74 Å². The van der Waals surface area contributed by atoms with Gasteiger partial charge in [0, 0.05) is 8.07 Å². The fourth-order valence-corrected chi connectivity index (χ4v) is 3.66. The van der Waals surface area contributed by atoms with Crippen LogP contribution in [-0.4, -0.2) is 15.2 Å². The van der Waals surface area contributed by atoms with Crippen LogP contribution in [0.4, 0.5) is 0 Å². The van der Waals surface area contributed by atoms with Crippen molar-refractivity contribution in [2.75, 3.05) is 7.11 Å². The van der Waals surface area contributed by atoms with Crippen molar-refractivity contribution in [1.82, 2.24) is 0 Å². The molecular formula is C17H32OSi. The van der Waals surface area contributed by atoms with Crippen LogP contribution in [0.3, 0.4) is 0 Å². The SMILES string of the molecule is CO/C=C1/CCCCC1CCC/C=C/C[Si](C)(C)C. The van der Waals surface area contributed by atoms with Gasteiger partial charge < -0.3 is 4.74 Å². The van der Waals surface area contributed by atoms with E-state index in [2.05, 4.69) is 31.8 Å². The molecule has 110 valence electrons. The van der Waals surface area contributed by atoms with Gasteiger partial charge in [0.05, 0.1) is 13.4 Å². The van der Waals surface area contributed by atoms with E-state index in [0.717, 1.165) is 5.92 Å². The lowest BCUT2D eigenvalue weighted by atomic mass is 9.82. The molecule has 0 bridgehead atoms. The maximum Gasteiger partial charge on any atom is 0.0819 e. The maximum absolute atomic E-state index is 5.22. The van der Waals surface area contributed by atoms with Crippen molar-refractivity contribution in [3.05, 3.63) is 24.0 Å². The fraction of sp³-hybridized carbons (Fsp3) is 0.765. The molecule has 1 saturated carbocycles. The molecule has 0 saturated heterocycles. The zero-order valence-corrected chi connectivity index (χ0v) is 14.4. The molecule has 0 aromatic rings. The zero-order chi connectivity index (χ0) is 14.1. The van der Waals surface area contributed by atoms with E-state index in [1.807, 2.05) is 6.26 Å². The van der Waals surface area contributed by atoms with Gasteiger partial charge in [0.25, 0.3) is 0 Å². The molecule has 19 heavy (non-hydrogen) atoms. The normalized spacial score (nSPS) is 23.2. The van der Waals surface area contributed by atoms with Gasteiger partial charge in [0.2, 0.25) is 0 Å². The molecule has 0 spiro atoms. The van der Waals surface area contributed by atoms with Crippen LogP contribution in [0, 0.1) is 5.92 Å². The van der Waals surface area contributed by atoms with E-state index >= 15 is 0 Å². The molecule has 0 N–H and O–H groups in total. The van der Waals surface area contributed by atoms with Crippen molar-refractivity contribution in [2.45, 2.75) is 70.6 Å². The Labute approximate surface area is 121 Å². The third-order valence-corrected chi connectivity index (χ3v) is 5.34. The largest absolute Gasteiger partial charge is 0.504 e. The van der Waals surface area contributed by atoms with Crippen LogP contribution < -0.4 is 0 Å². The number of methoxy groups -OCH3 is 1. The third kappa shape index (κ3) is 7.61. The van der Waals surface area contributed by atoms with Gasteiger partial charge in [-0.1, -0.05) is 38.2 Å². The number of unbranched alkanes of at least 4 members (excludes halogenated alkanes) is 1. The summed E-state index contributed by atoms with van der Waals surface area (Å²) in [5.74, 6) is 0.791. The molecule has 1 fully saturated rings. The molecule has 2 heteroatoms. The van der Waals surface area contributed by atoms with Crippen molar-refractivity contribution < 1.29 is 4.74 Å². The third-order valence-electron chi connectivity index (χ3n) is 3.88. The number of rotatable bonds is 7. The first kappa shape index (κ1) is 16.6. The van der Waals surface area contributed by atoms with Gasteiger partial charge in [-0.25, -0.2) is 0 Å². The first-order valence-corrected chi connectivity index (χ1v) is 11.6. The lowest BCUT2D eigenvalue weighted by Gasteiger charge is -2.24. The Kier molecular flexibility index (Phi) is 7.51. The zero-order valence-electron chi connectivity index (χ0n) is 13.4. The van der Waals surface area contributed by atoms with Gasteiger partial charge in [-0.3, -0.25) is 0 Å². The van der Waals surface area contributed by atoms with Crippen molar-refractivity contribution in [3.8, 4) is 0 Å². The molecule has 1 atom stereocenters. The molecule has 0 radical (unpaired) electrons. The van der Waals surface area contributed by atoms with Gasteiger partial charge >= 0.3 is 0 Å². The van der Waals surface area contributed by atoms with Gasteiger partial charge in [-0.05, 0) is 56.1 Å². The summed E-state index contributed by atoms with van der Waals surface area (Å²) in [6.07, 6.45) is 16.1. The topological polar surface area (TPSA) is 9.23 Å². The van der Waals surface area contributed by atoms with E-state index in [9.17, 15) is 0 Å². The van der Waals surface area contributed by atoms with Crippen LogP contribution >= 0.6 is 0 Å². The Morgan fingerprint density at radius 3 is 2.68 bits per heavy atom. The molecule has 0 aromatic heterocycles. The molecule has 0 aliphatic heterocycles. The summed E-state index contributed by atoms with van der Waals surface area (Å²) in [4.78, 5) is 0. The maximum atomic E-state index is 5.22. The Bertz CT molecular complexity index is 299. The molecule has 1 aliphatic carbocycles. The van der Waals surface area contributed by atoms with Gasteiger partial charge in [0.1, 0.15) is 0 Å².